The number of nitro groups is 1. The van der Waals surface area contributed by atoms with Gasteiger partial charge in [0, 0.05) is 18.2 Å². The molecule has 0 bridgehead atoms. The number of hydrogen-bond acceptors (Lipinski definition) is 4. The van der Waals surface area contributed by atoms with E-state index in [9.17, 15) is 18.9 Å². The molecule has 0 heterocycles. The van der Waals surface area contributed by atoms with Crippen LogP contribution in [-0.4, -0.2) is 17.1 Å². The summed E-state index contributed by atoms with van der Waals surface area (Å²) in [7, 11) is 0. The zero-order valence-corrected chi connectivity index (χ0v) is 9.38. The highest BCUT2D eigenvalue weighted by Gasteiger charge is 2.29. The maximum absolute atomic E-state index is 12.8. The van der Waals surface area contributed by atoms with Crippen LogP contribution in [0.5, 0.6) is 5.75 Å². The van der Waals surface area contributed by atoms with Crippen molar-refractivity contribution < 1.29 is 18.4 Å². The van der Waals surface area contributed by atoms with E-state index in [0.29, 0.717) is 12.8 Å². The molecule has 0 amide bonds. The van der Waals surface area contributed by atoms with Crippen LogP contribution in [0.15, 0.2) is 18.2 Å². The molecule has 18 heavy (non-hydrogen) atoms. The van der Waals surface area contributed by atoms with Gasteiger partial charge in [-0.3, -0.25) is 10.1 Å². The first-order valence-corrected chi connectivity index (χ1v) is 5.46. The molecule has 1 aromatic carbocycles. The largest absolute Gasteiger partial charge is 0.490 e. The first-order chi connectivity index (χ1) is 8.47. The Morgan fingerprint density at radius 1 is 1.44 bits per heavy atom. The molecule has 5 nitrogen and oxygen atoms in total. The standard InChI is InChI=1S/C11H12F2N2O3/c12-11(13)9-5-7(15(16)17)1-2-10(9)18-8-3-6(14)4-8/h1-2,5-6,8,11H,3-4,14H2. The SMILES string of the molecule is NC1CC(Oc2ccc([N+](=O)[O-])cc2C(F)F)C1. The molecule has 1 aliphatic carbocycles. The fraction of sp³-hybridized carbons (Fsp3) is 0.455. The molecule has 0 radical (unpaired) electrons. The monoisotopic (exact) mass is 258 g/mol. The topological polar surface area (TPSA) is 78.4 Å². The molecule has 0 spiro atoms. The molecule has 0 saturated heterocycles. The molecule has 1 aromatic rings. The average molecular weight is 258 g/mol. The Balaban J connectivity index is 2.20. The van der Waals surface area contributed by atoms with Crippen molar-refractivity contribution in [1.29, 1.82) is 0 Å². The summed E-state index contributed by atoms with van der Waals surface area (Å²) < 4.78 is 31.0. The van der Waals surface area contributed by atoms with Gasteiger partial charge >= 0.3 is 0 Å². The van der Waals surface area contributed by atoms with Gasteiger partial charge in [0.15, 0.2) is 0 Å². The van der Waals surface area contributed by atoms with Crippen LogP contribution in [0, 0.1) is 10.1 Å². The van der Waals surface area contributed by atoms with Gasteiger partial charge in [-0.05, 0) is 18.9 Å². The summed E-state index contributed by atoms with van der Waals surface area (Å²) in [5, 5.41) is 10.5. The Labute approximate surface area is 102 Å². The number of benzene rings is 1. The predicted octanol–water partition coefficient (Wildman–Crippen LogP) is 2.40. The van der Waals surface area contributed by atoms with Gasteiger partial charge in [0.1, 0.15) is 11.9 Å². The molecule has 0 aliphatic heterocycles. The quantitative estimate of drug-likeness (QED) is 0.664. The second kappa shape index (κ2) is 4.85. The van der Waals surface area contributed by atoms with E-state index in [1.54, 1.807) is 0 Å². The lowest BCUT2D eigenvalue weighted by molar-refractivity contribution is -0.385. The number of alkyl halides is 2. The number of ether oxygens (including phenoxy) is 1. The average Bonchev–Trinajstić information content (AvgIpc) is 2.26. The number of nitrogens with zero attached hydrogens (tertiary/aromatic N) is 1. The van der Waals surface area contributed by atoms with Crippen molar-refractivity contribution in [3.63, 3.8) is 0 Å². The van der Waals surface area contributed by atoms with E-state index >= 15 is 0 Å². The maximum atomic E-state index is 12.8. The van der Waals surface area contributed by atoms with E-state index in [1.165, 1.54) is 6.07 Å². The van der Waals surface area contributed by atoms with E-state index in [4.69, 9.17) is 10.5 Å². The van der Waals surface area contributed by atoms with Crippen molar-refractivity contribution in [1.82, 2.24) is 0 Å². The van der Waals surface area contributed by atoms with E-state index < -0.39 is 16.9 Å². The van der Waals surface area contributed by atoms with Gasteiger partial charge in [-0.1, -0.05) is 0 Å². The Morgan fingerprint density at radius 3 is 2.61 bits per heavy atom. The van der Waals surface area contributed by atoms with Gasteiger partial charge < -0.3 is 10.5 Å². The number of nitro benzene ring substituents is 1. The first-order valence-electron chi connectivity index (χ1n) is 5.46. The third-order valence-electron chi connectivity index (χ3n) is 2.86. The summed E-state index contributed by atoms with van der Waals surface area (Å²) in [6, 6.07) is 3.25. The zero-order valence-electron chi connectivity index (χ0n) is 9.38. The first kappa shape index (κ1) is 12.7. The van der Waals surface area contributed by atoms with Crippen LogP contribution < -0.4 is 10.5 Å². The smallest absolute Gasteiger partial charge is 0.270 e. The molecule has 1 aliphatic rings. The number of rotatable bonds is 4. The molecule has 0 atom stereocenters. The van der Waals surface area contributed by atoms with Gasteiger partial charge in [-0.2, -0.15) is 0 Å². The summed E-state index contributed by atoms with van der Waals surface area (Å²) in [4.78, 5) is 9.81. The molecule has 98 valence electrons. The predicted molar refractivity (Wildman–Crippen MR) is 59.7 cm³/mol. The van der Waals surface area contributed by atoms with Crippen LogP contribution in [0.25, 0.3) is 0 Å². The summed E-state index contributed by atoms with van der Waals surface area (Å²) >= 11 is 0. The Hall–Kier alpha value is -1.76. The fourth-order valence-corrected chi connectivity index (χ4v) is 1.81. The highest BCUT2D eigenvalue weighted by molar-refractivity contribution is 5.44. The van der Waals surface area contributed by atoms with Crippen LogP contribution in [0.3, 0.4) is 0 Å². The van der Waals surface area contributed by atoms with E-state index in [-0.39, 0.29) is 23.6 Å². The number of hydrogen-bond donors (Lipinski definition) is 1. The lowest BCUT2D eigenvalue weighted by Crippen LogP contribution is -2.43. The van der Waals surface area contributed by atoms with Crippen LogP contribution in [0.1, 0.15) is 24.8 Å². The molecule has 7 heteroatoms. The minimum atomic E-state index is -2.81. The molecule has 0 aromatic heterocycles. The van der Waals surface area contributed by atoms with Crippen molar-refractivity contribution in [3.8, 4) is 5.75 Å². The van der Waals surface area contributed by atoms with E-state index in [1.807, 2.05) is 0 Å². The van der Waals surface area contributed by atoms with Crippen LogP contribution in [0.2, 0.25) is 0 Å². The number of nitrogens with two attached hydrogens (primary N) is 1. The molecule has 2 N–H and O–H groups in total. The summed E-state index contributed by atoms with van der Waals surface area (Å²) in [6.45, 7) is 0. The van der Waals surface area contributed by atoms with Crippen molar-refractivity contribution in [2.24, 2.45) is 5.73 Å². The summed E-state index contributed by atoms with van der Waals surface area (Å²) in [6.07, 6.45) is -1.77. The maximum Gasteiger partial charge on any atom is 0.270 e. The third kappa shape index (κ3) is 2.56. The Morgan fingerprint density at radius 2 is 2.11 bits per heavy atom. The van der Waals surface area contributed by atoms with Crippen molar-refractivity contribution >= 4 is 5.69 Å². The molecule has 1 fully saturated rings. The lowest BCUT2D eigenvalue weighted by Gasteiger charge is -2.33. The van der Waals surface area contributed by atoms with Gasteiger partial charge in [0.2, 0.25) is 0 Å². The molecule has 1 saturated carbocycles. The van der Waals surface area contributed by atoms with Crippen molar-refractivity contribution in [2.45, 2.75) is 31.4 Å². The van der Waals surface area contributed by atoms with E-state index in [2.05, 4.69) is 0 Å². The van der Waals surface area contributed by atoms with Gasteiger partial charge in [-0.25, -0.2) is 8.78 Å². The highest BCUT2D eigenvalue weighted by atomic mass is 19.3. The second-order valence-corrected chi connectivity index (χ2v) is 4.25. The van der Waals surface area contributed by atoms with Crippen LogP contribution in [0.4, 0.5) is 14.5 Å². The normalized spacial score (nSPS) is 22.7. The van der Waals surface area contributed by atoms with Gasteiger partial charge in [-0.15, -0.1) is 0 Å². The minimum absolute atomic E-state index is 0.00694. The molecular weight excluding hydrogens is 246 g/mol. The van der Waals surface area contributed by atoms with Crippen LogP contribution >= 0.6 is 0 Å². The summed E-state index contributed by atoms with van der Waals surface area (Å²) in [5.74, 6) is -0.00694. The zero-order chi connectivity index (χ0) is 13.3. The third-order valence-corrected chi connectivity index (χ3v) is 2.86. The fourth-order valence-electron chi connectivity index (χ4n) is 1.81. The lowest BCUT2D eigenvalue weighted by atomic mass is 9.90. The highest BCUT2D eigenvalue weighted by Crippen LogP contribution is 2.35. The minimum Gasteiger partial charge on any atom is -0.490 e. The molecule has 2 rings (SSSR count). The summed E-state index contributed by atoms with van der Waals surface area (Å²) in [5.41, 5.74) is 4.74. The van der Waals surface area contributed by atoms with E-state index in [0.717, 1.165) is 12.1 Å². The van der Waals surface area contributed by atoms with Gasteiger partial charge in [0.05, 0.1) is 10.5 Å². The van der Waals surface area contributed by atoms with Crippen molar-refractivity contribution in [3.05, 3.63) is 33.9 Å². The molecular formula is C11H12F2N2O3. The van der Waals surface area contributed by atoms with Crippen LogP contribution in [-0.2, 0) is 0 Å². The number of non-ortho nitro benzene ring substituents is 1. The van der Waals surface area contributed by atoms with Crippen molar-refractivity contribution in [2.75, 3.05) is 0 Å². The molecule has 0 unspecified atom stereocenters. The Bertz CT molecular complexity index is 462. The second-order valence-electron chi connectivity index (χ2n) is 4.25. The Kier molecular flexibility index (Phi) is 3.42. The number of halogens is 2. The van der Waals surface area contributed by atoms with Gasteiger partial charge in [0.25, 0.3) is 12.1 Å².